The highest BCUT2D eigenvalue weighted by molar-refractivity contribution is 6.30. The van der Waals surface area contributed by atoms with Gasteiger partial charge in [0.05, 0.1) is 11.1 Å². The quantitative estimate of drug-likeness (QED) is 0.884. The molecule has 3 heteroatoms. The fraction of sp³-hybridized carbons (Fsp3) is 0.250. The van der Waals surface area contributed by atoms with Crippen LogP contribution >= 0.6 is 11.6 Å². The normalized spacial score (nSPS) is 12.5. The minimum Gasteiger partial charge on any atom is -0.388 e. The summed E-state index contributed by atoms with van der Waals surface area (Å²) in [5.41, 5.74) is 3.90. The van der Waals surface area contributed by atoms with E-state index in [0.717, 1.165) is 16.7 Å². The van der Waals surface area contributed by atoms with Gasteiger partial charge in [0.15, 0.2) is 0 Å². The average Bonchev–Trinajstić information content (AvgIpc) is 2.37. The van der Waals surface area contributed by atoms with Gasteiger partial charge in [0.1, 0.15) is 5.82 Å². The Balaban J connectivity index is 2.17. The van der Waals surface area contributed by atoms with Crippen LogP contribution in [-0.2, 0) is 6.42 Å². The molecule has 0 aromatic heterocycles. The van der Waals surface area contributed by atoms with E-state index in [1.807, 2.05) is 32.0 Å². The van der Waals surface area contributed by atoms with E-state index in [1.165, 1.54) is 17.7 Å². The molecule has 0 saturated heterocycles. The molecule has 0 heterocycles. The van der Waals surface area contributed by atoms with Crippen molar-refractivity contribution in [1.29, 1.82) is 0 Å². The summed E-state index contributed by atoms with van der Waals surface area (Å²) in [7, 11) is 0. The third kappa shape index (κ3) is 3.34. The molecule has 0 fully saturated rings. The van der Waals surface area contributed by atoms with Crippen molar-refractivity contribution >= 4 is 11.6 Å². The van der Waals surface area contributed by atoms with Gasteiger partial charge >= 0.3 is 0 Å². The molecule has 0 spiro atoms. The van der Waals surface area contributed by atoms with Crippen molar-refractivity contribution in [2.75, 3.05) is 0 Å². The first-order valence-electron chi connectivity index (χ1n) is 6.16. The van der Waals surface area contributed by atoms with Gasteiger partial charge in [-0.2, -0.15) is 0 Å². The van der Waals surface area contributed by atoms with Crippen LogP contribution in [0, 0.1) is 19.7 Å². The summed E-state index contributed by atoms with van der Waals surface area (Å²) in [5, 5.41) is 10.3. The summed E-state index contributed by atoms with van der Waals surface area (Å²) in [4.78, 5) is 0. The lowest BCUT2D eigenvalue weighted by Crippen LogP contribution is -2.03. The Morgan fingerprint density at radius 1 is 1.11 bits per heavy atom. The third-order valence-corrected chi connectivity index (χ3v) is 3.64. The van der Waals surface area contributed by atoms with Gasteiger partial charge in [-0.15, -0.1) is 0 Å². The minimum absolute atomic E-state index is 0.101. The number of aliphatic hydroxyl groups is 1. The van der Waals surface area contributed by atoms with E-state index in [4.69, 9.17) is 11.6 Å². The first-order valence-corrected chi connectivity index (χ1v) is 6.54. The molecule has 1 unspecified atom stereocenters. The Morgan fingerprint density at radius 3 is 2.47 bits per heavy atom. The van der Waals surface area contributed by atoms with Crippen molar-refractivity contribution in [3.05, 3.63) is 69.5 Å². The van der Waals surface area contributed by atoms with Gasteiger partial charge in [-0.25, -0.2) is 4.39 Å². The fourth-order valence-electron chi connectivity index (χ4n) is 1.98. The highest BCUT2D eigenvalue weighted by Gasteiger charge is 2.11. The van der Waals surface area contributed by atoms with E-state index in [2.05, 4.69) is 0 Å². The molecule has 1 N–H and O–H groups in total. The molecule has 1 atom stereocenters. The molecule has 0 radical (unpaired) electrons. The van der Waals surface area contributed by atoms with Gasteiger partial charge in [-0.05, 0) is 48.2 Å². The van der Waals surface area contributed by atoms with Crippen LogP contribution in [0.5, 0.6) is 0 Å². The minimum atomic E-state index is -0.639. The number of benzene rings is 2. The zero-order chi connectivity index (χ0) is 14.0. The van der Waals surface area contributed by atoms with Crippen LogP contribution in [0.25, 0.3) is 0 Å². The summed E-state index contributed by atoms with van der Waals surface area (Å²) in [5.74, 6) is -0.452. The van der Waals surface area contributed by atoms with Crippen LogP contribution in [0.15, 0.2) is 36.4 Å². The van der Waals surface area contributed by atoms with Crippen molar-refractivity contribution in [2.24, 2.45) is 0 Å². The van der Waals surface area contributed by atoms with Gasteiger partial charge in [-0.1, -0.05) is 35.9 Å². The zero-order valence-corrected chi connectivity index (χ0v) is 11.7. The number of hydrogen-bond donors (Lipinski definition) is 1. The molecule has 0 aliphatic carbocycles. The Labute approximate surface area is 117 Å². The molecular weight excluding hydrogens is 263 g/mol. The molecule has 1 nitrogen and oxygen atoms in total. The second kappa shape index (κ2) is 5.72. The maximum Gasteiger partial charge on any atom is 0.142 e. The number of aliphatic hydroxyl groups excluding tert-OH is 1. The summed E-state index contributed by atoms with van der Waals surface area (Å²) >= 11 is 5.63. The van der Waals surface area contributed by atoms with E-state index in [1.54, 1.807) is 6.07 Å². The molecule has 2 aromatic carbocycles. The van der Waals surface area contributed by atoms with Crippen LogP contribution < -0.4 is 0 Å². The molecule has 0 bridgehead atoms. The first kappa shape index (κ1) is 14.0. The number of hydrogen-bond acceptors (Lipinski definition) is 1. The van der Waals surface area contributed by atoms with Gasteiger partial charge in [-0.3, -0.25) is 0 Å². The summed E-state index contributed by atoms with van der Waals surface area (Å²) in [6, 6.07) is 10.5. The van der Waals surface area contributed by atoms with Gasteiger partial charge in [0.2, 0.25) is 0 Å². The lowest BCUT2D eigenvalue weighted by molar-refractivity contribution is 0.178. The van der Waals surface area contributed by atoms with Crippen LogP contribution in [0.2, 0.25) is 5.02 Å². The molecule has 19 heavy (non-hydrogen) atoms. The van der Waals surface area contributed by atoms with Crippen molar-refractivity contribution in [1.82, 2.24) is 0 Å². The van der Waals surface area contributed by atoms with E-state index >= 15 is 0 Å². The Hall–Kier alpha value is -1.38. The lowest BCUT2D eigenvalue weighted by atomic mass is 9.98. The largest absolute Gasteiger partial charge is 0.388 e. The van der Waals surface area contributed by atoms with Crippen molar-refractivity contribution in [3.63, 3.8) is 0 Å². The average molecular weight is 279 g/mol. The molecule has 2 aromatic rings. The molecule has 2 rings (SSSR count). The standard InChI is InChI=1S/C16H16ClFO/c1-10-3-5-13(7-11(10)2)16(19)9-12-4-6-14(17)15(18)8-12/h3-8,16,19H,9H2,1-2H3. The second-order valence-corrected chi connectivity index (χ2v) is 5.22. The highest BCUT2D eigenvalue weighted by Crippen LogP contribution is 2.23. The Bertz CT molecular complexity index is 595. The van der Waals surface area contributed by atoms with Crippen molar-refractivity contribution in [2.45, 2.75) is 26.4 Å². The van der Waals surface area contributed by atoms with E-state index in [-0.39, 0.29) is 5.02 Å². The molecule has 100 valence electrons. The second-order valence-electron chi connectivity index (χ2n) is 4.81. The summed E-state index contributed by atoms with van der Waals surface area (Å²) in [6.45, 7) is 4.04. The van der Waals surface area contributed by atoms with Gasteiger partial charge in [0, 0.05) is 6.42 Å². The lowest BCUT2D eigenvalue weighted by Gasteiger charge is -2.13. The van der Waals surface area contributed by atoms with E-state index < -0.39 is 11.9 Å². The zero-order valence-electron chi connectivity index (χ0n) is 11.0. The van der Waals surface area contributed by atoms with Gasteiger partial charge in [0.25, 0.3) is 0 Å². The highest BCUT2D eigenvalue weighted by atomic mass is 35.5. The Kier molecular flexibility index (Phi) is 4.23. The van der Waals surface area contributed by atoms with Crippen LogP contribution in [-0.4, -0.2) is 5.11 Å². The first-order chi connectivity index (χ1) is 8.97. The van der Waals surface area contributed by atoms with E-state index in [9.17, 15) is 9.50 Å². The number of rotatable bonds is 3. The number of halogens is 2. The molecule has 0 aliphatic rings. The summed E-state index contributed by atoms with van der Waals surface area (Å²) in [6.07, 6.45) is -0.267. The molecular formula is C16H16ClFO. The third-order valence-electron chi connectivity index (χ3n) is 3.33. The van der Waals surface area contributed by atoms with Crippen molar-refractivity contribution in [3.8, 4) is 0 Å². The molecule has 0 saturated carbocycles. The predicted octanol–water partition coefficient (Wildman–Crippen LogP) is 4.37. The monoisotopic (exact) mass is 278 g/mol. The maximum atomic E-state index is 13.3. The van der Waals surface area contributed by atoms with E-state index in [0.29, 0.717) is 6.42 Å². The Morgan fingerprint density at radius 2 is 1.84 bits per heavy atom. The summed E-state index contributed by atoms with van der Waals surface area (Å²) < 4.78 is 13.3. The van der Waals surface area contributed by atoms with Crippen LogP contribution in [0.3, 0.4) is 0 Å². The topological polar surface area (TPSA) is 20.2 Å². The smallest absolute Gasteiger partial charge is 0.142 e. The maximum absolute atomic E-state index is 13.3. The van der Waals surface area contributed by atoms with Crippen LogP contribution in [0.4, 0.5) is 4.39 Å². The van der Waals surface area contributed by atoms with Crippen LogP contribution in [0.1, 0.15) is 28.4 Å². The predicted molar refractivity (Wildman–Crippen MR) is 76.0 cm³/mol. The number of aryl methyl sites for hydroxylation is 2. The molecule has 0 aliphatic heterocycles. The fourth-order valence-corrected chi connectivity index (χ4v) is 2.10. The van der Waals surface area contributed by atoms with Gasteiger partial charge < -0.3 is 5.11 Å². The van der Waals surface area contributed by atoms with Crippen molar-refractivity contribution < 1.29 is 9.50 Å². The molecule has 0 amide bonds. The SMILES string of the molecule is Cc1ccc(C(O)Cc2ccc(Cl)c(F)c2)cc1C.